The minimum absolute atomic E-state index is 0.133. The molecule has 0 unspecified atom stereocenters. The minimum atomic E-state index is -2.83. The standard InChI is InChI=1S/C10H9BrF3NO2/c1-2-17-7(16)3-5-6(9(12)13)4-15-10(14)8(5)11/h4,9H,2-3H2,1H3. The van der Waals surface area contributed by atoms with Gasteiger partial charge in [0.05, 0.1) is 17.5 Å². The average Bonchev–Trinajstić information content (AvgIpc) is 2.25. The van der Waals surface area contributed by atoms with Gasteiger partial charge in [-0.15, -0.1) is 0 Å². The van der Waals surface area contributed by atoms with Gasteiger partial charge in [-0.25, -0.2) is 13.8 Å². The minimum Gasteiger partial charge on any atom is -0.466 e. The molecule has 3 nitrogen and oxygen atoms in total. The lowest BCUT2D eigenvalue weighted by Gasteiger charge is -2.10. The van der Waals surface area contributed by atoms with Crippen molar-refractivity contribution in [3.63, 3.8) is 0 Å². The molecule has 0 radical (unpaired) electrons. The van der Waals surface area contributed by atoms with Gasteiger partial charge in [0.1, 0.15) is 0 Å². The van der Waals surface area contributed by atoms with E-state index in [0.29, 0.717) is 0 Å². The summed E-state index contributed by atoms with van der Waals surface area (Å²) in [4.78, 5) is 14.4. The third-order valence-electron chi connectivity index (χ3n) is 1.97. The van der Waals surface area contributed by atoms with Crippen LogP contribution in [0.5, 0.6) is 0 Å². The molecule has 0 aromatic carbocycles. The predicted octanol–water partition coefficient (Wildman–Crippen LogP) is 3.03. The second-order valence-corrected chi connectivity index (χ2v) is 3.87. The Kier molecular flexibility index (Phi) is 4.92. The molecule has 0 fully saturated rings. The summed E-state index contributed by atoms with van der Waals surface area (Å²) in [6, 6.07) is 0. The quantitative estimate of drug-likeness (QED) is 0.634. The third-order valence-corrected chi connectivity index (χ3v) is 2.78. The highest BCUT2D eigenvalue weighted by atomic mass is 79.9. The van der Waals surface area contributed by atoms with Crippen LogP contribution in [0.4, 0.5) is 13.2 Å². The maximum absolute atomic E-state index is 13.1. The van der Waals surface area contributed by atoms with Crippen molar-refractivity contribution < 1.29 is 22.7 Å². The van der Waals surface area contributed by atoms with Crippen molar-refractivity contribution in [2.45, 2.75) is 19.8 Å². The first kappa shape index (κ1) is 14.0. The molecule has 1 aromatic heterocycles. The van der Waals surface area contributed by atoms with Crippen LogP contribution in [-0.2, 0) is 16.0 Å². The van der Waals surface area contributed by atoms with Crippen molar-refractivity contribution >= 4 is 21.9 Å². The van der Waals surface area contributed by atoms with Crippen molar-refractivity contribution in [1.82, 2.24) is 4.98 Å². The van der Waals surface area contributed by atoms with E-state index in [0.717, 1.165) is 6.20 Å². The number of nitrogens with zero attached hydrogens (tertiary/aromatic N) is 1. The Morgan fingerprint density at radius 3 is 2.76 bits per heavy atom. The fourth-order valence-electron chi connectivity index (χ4n) is 1.24. The van der Waals surface area contributed by atoms with Crippen molar-refractivity contribution in [3.8, 4) is 0 Å². The zero-order chi connectivity index (χ0) is 13.0. The van der Waals surface area contributed by atoms with Crippen LogP contribution in [0.2, 0.25) is 0 Å². The molecule has 0 saturated carbocycles. The first-order valence-corrected chi connectivity index (χ1v) is 5.53. The molecule has 1 rings (SSSR count). The van der Waals surface area contributed by atoms with Gasteiger partial charge in [0.25, 0.3) is 6.43 Å². The van der Waals surface area contributed by atoms with Crippen LogP contribution in [-0.4, -0.2) is 17.6 Å². The van der Waals surface area contributed by atoms with Gasteiger partial charge in [-0.2, -0.15) is 4.39 Å². The van der Waals surface area contributed by atoms with Crippen LogP contribution in [0, 0.1) is 5.95 Å². The molecule has 0 saturated heterocycles. The number of halogens is 4. The number of rotatable bonds is 4. The Bertz CT molecular complexity index is 426. The molecule has 17 heavy (non-hydrogen) atoms. The number of esters is 1. The lowest BCUT2D eigenvalue weighted by molar-refractivity contribution is -0.142. The predicted molar refractivity (Wildman–Crippen MR) is 57.2 cm³/mol. The first-order valence-electron chi connectivity index (χ1n) is 4.73. The molecule has 0 aliphatic carbocycles. The van der Waals surface area contributed by atoms with Gasteiger partial charge in [0, 0.05) is 11.8 Å². The largest absolute Gasteiger partial charge is 0.466 e. The summed E-state index contributed by atoms with van der Waals surface area (Å²) in [5.74, 6) is -1.63. The van der Waals surface area contributed by atoms with Gasteiger partial charge in [-0.05, 0) is 28.4 Å². The SMILES string of the molecule is CCOC(=O)Cc1c(C(F)F)cnc(F)c1Br. The smallest absolute Gasteiger partial charge is 0.310 e. The van der Waals surface area contributed by atoms with Crippen LogP contribution in [0.15, 0.2) is 10.7 Å². The van der Waals surface area contributed by atoms with Crippen LogP contribution in [0.3, 0.4) is 0 Å². The Labute approximate surface area is 104 Å². The summed E-state index contributed by atoms with van der Waals surface area (Å²) >= 11 is 2.80. The van der Waals surface area contributed by atoms with Crippen LogP contribution in [0.25, 0.3) is 0 Å². The molecule has 0 bridgehead atoms. The zero-order valence-corrected chi connectivity index (χ0v) is 10.4. The molecule has 7 heteroatoms. The molecule has 0 spiro atoms. The van der Waals surface area contributed by atoms with Crippen LogP contribution < -0.4 is 0 Å². The molecular formula is C10H9BrF3NO2. The molecular weight excluding hydrogens is 303 g/mol. The maximum atomic E-state index is 13.1. The fraction of sp³-hybridized carbons (Fsp3) is 0.400. The van der Waals surface area contributed by atoms with Gasteiger partial charge in [-0.1, -0.05) is 0 Å². The summed E-state index contributed by atoms with van der Waals surface area (Å²) in [5, 5.41) is 0. The summed E-state index contributed by atoms with van der Waals surface area (Å²) in [6.45, 7) is 1.72. The molecule has 0 N–H and O–H groups in total. The molecule has 0 aliphatic rings. The zero-order valence-electron chi connectivity index (χ0n) is 8.84. The Morgan fingerprint density at radius 2 is 2.24 bits per heavy atom. The van der Waals surface area contributed by atoms with Crippen molar-refractivity contribution in [3.05, 3.63) is 27.7 Å². The van der Waals surface area contributed by atoms with E-state index in [2.05, 4.69) is 25.7 Å². The van der Waals surface area contributed by atoms with Crippen LogP contribution in [0.1, 0.15) is 24.5 Å². The van der Waals surface area contributed by atoms with Crippen LogP contribution >= 0.6 is 15.9 Å². The summed E-state index contributed by atoms with van der Waals surface area (Å²) in [6.07, 6.45) is -2.53. The van der Waals surface area contributed by atoms with E-state index in [1.165, 1.54) is 0 Å². The second kappa shape index (κ2) is 6.00. The molecule has 1 heterocycles. The summed E-state index contributed by atoms with van der Waals surface area (Å²) in [5.41, 5.74) is -0.614. The number of pyridine rings is 1. The highest BCUT2D eigenvalue weighted by Gasteiger charge is 2.21. The fourth-order valence-corrected chi connectivity index (χ4v) is 1.71. The molecule has 94 valence electrons. The van der Waals surface area contributed by atoms with Gasteiger partial charge in [0.15, 0.2) is 0 Å². The van der Waals surface area contributed by atoms with Crippen molar-refractivity contribution in [2.75, 3.05) is 6.61 Å². The van der Waals surface area contributed by atoms with E-state index in [-0.39, 0.29) is 16.6 Å². The van der Waals surface area contributed by atoms with E-state index >= 15 is 0 Å². The van der Waals surface area contributed by atoms with Gasteiger partial charge in [-0.3, -0.25) is 4.79 Å². The third kappa shape index (κ3) is 3.42. The van der Waals surface area contributed by atoms with E-state index in [1.807, 2.05) is 0 Å². The van der Waals surface area contributed by atoms with Crippen molar-refractivity contribution in [1.29, 1.82) is 0 Å². The molecule has 0 amide bonds. The van der Waals surface area contributed by atoms with Crippen molar-refractivity contribution in [2.24, 2.45) is 0 Å². The number of aromatic nitrogens is 1. The second-order valence-electron chi connectivity index (χ2n) is 3.08. The topological polar surface area (TPSA) is 39.2 Å². The number of carbonyl (C=O) groups is 1. The average molecular weight is 312 g/mol. The van der Waals surface area contributed by atoms with E-state index in [4.69, 9.17) is 0 Å². The number of carbonyl (C=O) groups excluding carboxylic acids is 1. The normalized spacial score (nSPS) is 10.7. The Morgan fingerprint density at radius 1 is 1.59 bits per heavy atom. The van der Waals surface area contributed by atoms with E-state index in [1.54, 1.807) is 6.92 Å². The molecule has 1 aromatic rings. The number of alkyl halides is 2. The van der Waals surface area contributed by atoms with Gasteiger partial charge >= 0.3 is 5.97 Å². The highest BCUT2D eigenvalue weighted by molar-refractivity contribution is 9.10. The van der Waals surface area contributed by atoms with E-state index in [9.17, 15) is 18.0 Å². The number of hydrogen-bond acceptors (Lipinski definition) is 3. The summed E-state index contributed by atoms with van der Waals surface area (Å²) < 4.78 is 42.8. The summed E-state index contributed by atoms with van der Waals surface area (Å²) in [7, 11) is 0. The maximum Gasteiger partial charge on any atom is 0.310 e. The van der Waals surface area contributed by atoms with Gasteiger partial charge in [0.2, 0.25) is 5.95 Å². The highest BCUT2D eigenvalue weighted by Crippen LogP contribution is 2.29. The Balaban J connectivity index is 3.10. The molecule has 0 atom stereocenters. The number of hydrogen-bond donors (Lipinski definition) is 0. The first-order chi connectivity index (χ1) is 7.97. The Hall–Kier alpha value is -1.11. The molecule has 0 aliphatic heterocycles. The lowest BCUT2D eigenvalue weighted by atomic mass is 10.1. The van der Waals surface area contributed by atoms with E-state index < -0.39 is 30.3 Å². The monoisotopic (exact) mass is 311 g/mol. The van der Waals surface area contributed by atoms with Gasteiger partial charge < -0.3 is 4.74 Å². The lowest BCUT2D eigenvalue weighted by Crippen LogP contribution is -2.11. The number of ether oxygens (including phenoxy) is 1.